The van der Waals surface area contributed by atoms with Gasteiger partial charge < -0.3 is 19.7 Å². The molecule has 6 heteroatoms. The van der Waals surface area contributed by atoms with Crippen LogP contribution in [-0.2, 0) is 9.47 Å². The fraction of sp³-hybridized carbons (Fsp3) is 0.917. The molecule has 0 aromatic carbocycles. The molecule has 5 nitrogen and oxygen atoms in total. The molecule has 106 valence electrons. The van der Waals surface area contributed by atoms with Crippen LogP contribution < -0.4 is 5.32 Å². The van der Waals surface area contributed by atoms with Gasteiger partial charge >= 0.3 is 0 Å². The normalized spacial score (nSPS) is 21.8. The minimum absolute atomic E-state index is 0.514. The molecule has 1 aliphatic rings. The molecule has 1 saturated heterocycles. The fourth-order valence-corrected chi connectivity index (χ4v) is 2.67. The van der Waals surface area contributed by atoms with Crippen molar-refractivity contribution in [1.82, 2.24) is 10.2 Å². The number of hydrogen-bond donors (Lipinski definition) is 1. The van der Waals surface area contributed by atoms with E-state index in [9.17, 15) is 0 Å². The molecule has 1 rings (SSSR count). The Morgan fingerprint density at radius 2 is 2.11 bits per heavy atom. The van der Waals surface area contributed by atoms with Gasteiger partial charge in [0.25, 0.3) is 0 Å². The van der Waals surface area contributed by atoms with Gasteiger partial charge in [0.15, 0.2) is 5.17 Å². The van der Waals surface area contributed by atoms with E-state index in [0.29, 0.717) is 6.04 Å². The zero-order valence-electron chi connectivity index (χ0n) is 11.6. The lowest BCUT2D eigenvalue weighted by Crippen LogP contribution is -2.29. The molecule has 0 amide bonds. The molecule has 0 saturated carbocycles. The predicted molar refractivity (Wildman–Crippen MR) is 77.5 cm³/mol. The Hall–Kier alpha value is -0.300. The van der Waals surface area contributed by atoms with Gasteiger partial charge in [-0.2, -0.15) is 0 Å². The number of thioether (sulfide) groups is 1. The predicted octanol–water partition coefficient (Wildman–Crippen LogP) is 0.662. The van der Waals surface area contributed by atoms with Crippen molar-refractivity contribution in [3.05, 3.63) is 0 Å². The fourth-order valence-electron chi connectivity index (χ4n) is 1.63. The van der Waals surface area contributed by atoms with E-state index in [4.69, 9.17) is 9.47 Å². The third-order valence-corrected chi connectivity index (χ3v) is 3.92. The van der Waals surface area contributed by atoms with Crippen LogP contribution in [0, 0.1) is 0 Å². The maximum absolute atomic E-state index is 5.08. The summed E-state index contributed by atoms with van der Waals surface area (Å²) in [4.78, 5) is 6.81. The first-order valence-corrected chi connectivity index (χ1v) is 7.35. The molecule has 1 N–H and O–H groups in total. The van der Waals surface area contributed by atoms with Crippen LogP contribution in [0.25, 0.3) is 0 Å². The minimum Gasteiger partial charge on any atom is -0.385 e. The monoisotopic (exact) mass is 275 g/mol. The molecule has 1 aliphatic heterocycles. The molecule has 1 heterocycles. The van der Waals surface area contributed by atoms with Crippen molar-refractivity contribution in [3.8, 4) is 0 Å². The Labute approximate surface area is 114 Å². The first kappa shape index (κ1) is 15.8. The lowest BCUT2D eigenvalue weighted by molar-refractivity contribution is 0.163. The van der Waals surface area contributed by atoms with Crippen LogP contribution in [-0.4, -0.2) is 76.0 Å². The van der Waals surface area contributed by atoms with Crippen molar-refractivity contribution in [1.29, 1.82) is 0 Å². The van der Waals surface area contributed by atoms with E-state index in [-0.39, 0.29) is 0 Å². The minimum atomic E-state index is 0.514. The average molecular weight is 275 g/mol. The SMILES string of the molecule is COCCC1CSC(=NCCN(C)CCOC)N1. The highest BCUT2D eigenvalue weighted by molar-refractivity contribution is 8.14. The van der Waals surface area contributed by atoms with E-state index < -0.39 is 0 Å². The summed E-state index contributed by atoms with van der Waals surface area (Å²) >= 11 is 1.81. The summed E-state index contributed by atoms with van der Waals surface area (Å²) in [6.45, 7) is 4.35. The molecule has 1 fully saturated rings. The molecule has 0 aliphatic carbocycles. The third kappa shape index (κ3) is 6.58. The van der Waals surface area contributed by atoms with Crippen molar-refractivity contribution >= 4 is 16.9 Å². The molecule has 0 bridgehead atoms. The number of aliphatic imine (C=N–C) groups is 1. The van der Waals surface area contributed by atoms with Crippen molar-refractivity contribution in [2.24, 2.45) is 4.99 Å². The summed E-state index contributed by atoms with van der Waals surface area (Å²) in [5.41, 5.74) is 0. The van der Waals surface area contributed by atoms with Crippen LogP contribution >= 0.6 is 11.8 Å². The Bertz CT molecular complexity index is 251. The summed E-state index contributed by atoms with van der Waals surface area (Å²) in [5.74, 6) is 1.10. The van der Waals surface area contributed by atoms with Gasteiger partial charge in [0.2, 0.25) is 0 Å². The van der Waals surface area contributed by atoms with Crippen molar-refractivity contribution in [2.45, 2.75) is 12.5 Å². The van der Waals surface area contributed by atoms with Crippen LogP contribution in [0.4, 0.5) is 0 Å². The van der Waals surface area contributed by atoms with E-state index in [0.717, 1.165) is 50.2 Å². The Morgan fingerprint density at radius 1 is 1.33 bits per heavy atom. The van der Waals surface area contributed by atoms with E-state index in [1.165, 1.54) is 0 Å². The van der Waals surface area contributed by atoms with Crippen molar-refractivity contribution in [3.63, 3.8) is 0 Å². The van der Waals surface area contributed by atoms with E-state index in [2.05, 4.69) is 22.3 Å². The highest BCUT2D eigenvalue weighted by atomic mass is 32.2. The number of hydrogen-bond acceptors (Lipinski definition) is 5. The number of methoxy groups -OCH3 is 2. The molecule has 0 aromatic heterocycles. The topological polar surface area (TPSA) is 46.1 Å². The van der Waals surface area contributed by atoms with Gasteiger partial charge in [-0.1, -0.05) is 11.8 Å². The van der Waals surface area contributed by atoms with E-state index >= 15 is 0 Å². The quantitative estimate of drug-likeness (QED) is 0.670. The molecule has 18 heavy (non-hydrogen) atoms. The van der Waals surface area contributed by atoms with E-state index in [1.54, 1.807) is 14.2 Å². The Kier molecular flexibility index (Phi) is 8.41. The largest absolute Gasteiger partial charge is 0.385 e. The van der Waals surface area contributed by atoms with Gasteiger partial charge in [-0.3, -0.25) is 4.99 Å². The Balaban J connectivity index is 2.12. The molecule has 1 unspecified atom stereocenters. The molecule has 0 spiro atoms. The van der Waals surface area contributed by atoms with Crippen molar-refractivity contribution in [2.75, 3.05) is 59.9 Å². The van der Waals surface area contributed by atoms with Gasteiger partial charge in [-0.05, 0) is 13.5 Å². The van der Waals surface area contributed by atoms with Crippen LogP contribution in [0.1, 0.15) is 6.42 Å². The lowest BCUT2D eigenvalue weighted by atomic mass is 10.2. The average Bonchev–Trinajstić information content (AvgIpc) is 2.82. The maximum Gasteiger partial charge on any atom is 0.156 e. The van der Waals surface area contributed by atoms with Crippen LogP contribution in [0.3, 0.4) is 0 Å². The molecular weight excluding hydrogens is 250 g/mol. The molecule has 0 radical (unpaired) electrons. The number of ether oxygens (including phenoxy) is 2. The first-order valence-electron chi connectivity index (χ1n) is 6.36. The number of rotatable bonds is 9. The summed E-state index contributed by atoms with van der Waals surface area (Å²) in [6.07, 6.45) is 1.05. The highest BCUT2D eigenvalue weighted by Crippen LogP contribution is 2.15. The number of likely N-dealkylation sites (N-methyl/N-ethyl adjacent to an activating group) is 1. The second-order valence-electron chi connectivity index (χ2n) is 4.42. The number of nitrogens with zero attached hydrogens (tertiary/aromatic N) is 2. The third-order valence-electron chi connectivity index (χ3n) is 2.83. The van der Waals surface area contributed by atoms with Gasteiger partial charge in [0.1, 0.15) is 0 Å². The van der Waals surface area contributed by atoms with E-state index in [1.807, 2.05) is 11.8 Å². The van der Waals surface area contributed by atoms with Crippen molar-refractivity contribution < 1.29 is 9.47 Å². The standard InChI is InChI=1S/C12H25N3O2S/c1-15(7-9-17-3)6-5-13-12-14-11(10-18-12)4-8-16-2/h11H,4-10H2,1-3H3,(H,13,14). The summed E-state index contributed by atoms with van der Waals surface area (Å²) in [6, 6.07) is 0.514. The zero-order chi connectivity index (χ0) is 13.2. The van der Waals surface area contributed by atoms with Crippen LogP contribution in [0.2, 0.25) is 0 Å². The van der Waals surface area contributed by atoms with Gasteiger partial charge in [-0.25, -0.2) is 0 Å². The molecular formula is C12H25N3O2S. The second-order valence-corrected chi connectivity index (χ2v) is 5.43. The number of amidine groups is 1. The van der Waals surface area contributed by atoms with Crippen LogP contribution in [0.5, 0.6) is 0 Å². The lowest BCUT2D eigenvalue weighted by Gasteiger charge is -2.14. The Morgan fingerprint density at radius 3 is 2.83 bits per heavy atom. The summed E-state index contributed by atoms with van der Waals surface area (Å²) in [7, 11) is 5.57. The summed E-state index contributed by atoms with van der Waals surface area (Å²) < 4.78 is 10.1. The molecule has 0 aromatic rings. The first-order chi connectivity index (χ1) is 8.76. The van der Waals surface area contributed by atoms with Gasteiger partial charge in [0.05, 0.1) is 13.2 Å². The highest BCUT2D eigenvalue weighted by Gasteiger charge is 2.19. The smallest absolute Gasteiger partial charge is 0.156 e. The van der Waals surface area contributed by atoms with Gasteiger partial charge in [0, 0.05) is 45.7 Å². The summed E-state index contributed by atoms with van der Waals surface area (Å²) in [5, 5.41) is 4.51. The zero-order valence-corrected chi connectivity index (χ0v) is 12.5. The second kappa shape index (κ2) is 9.61. The molecule has 1 atom stereocenters. The van der Waals surface area contributed by atoms with Gasteiger partial charge in [-0.15, -0.1) is 0 Å². The van der Waals surface area contributed by atoms with Crippen LogP contribution in [0.15, 0.2) is 4.99 Å². The maximum atomic E-state index is 5.08. The number of nitrogens with one attached hydrogen (secondary N) is 1.